The van der Waals surface area contributed by atoms with Crippen LogP contribution >= 0.6 is 0 Å². The van der Waals surface area contributed by atoms with Gasteiger partial charge in [-0.25, -0.2) is 8.78 Å². The van der Waals surface area contributed by atoms with Crippen molar-refractivity contribution >= 4 is 5.91 Å². The van der Waals surface area contributed by atoms with E-state index in [9.17, 15) is 13.6 Å². The molecule has 0 saturated carbocycles. The lowest BCUT2D eigenvalue weighted by atomic mass is 10.2. The van der Waals surface area contributed by atoms with Crippen LogP contribution < -0.4 is 10.6 Å². The van der Waals surface area contributed by atoms with Crippen molar-refractivity contribution in [2.45, 2.75) is 31.9 Å². The topological polar surface area (TPSA) is 59.0 Å². The molecule has 1 fully saturated rings. The van der Waals surface area contributed by atoms with Crippen LogP contribution in [0.2, 0.25) is 0 Å². The van der Waals surface area contributed by atoms with Gasteiger partial charge in [-0.1, -0.05) is 0 Å². The number of nitrogens with zero attached hydrogens (tertiary/aromatic N) is 2. The molecule has 1 aliphatic rings. The maximum absolute atomic E-state index is 12.9. The van der Waals surface area contributed by atoms with Crippen LogP contribution in [0.15, 0.2) is 6.20 Å². The van der Waals surface area contributed by atoms with Crippen molar-refractivity contribution in [3.8, 4) is 0 Å². The number of halogens is 2. The quantitative estimate of drug-likeness (QED) is 0.822. The van der Waals surface area contributed by atoms with Crippen molar-refractivity contribution in [2.75, 3.05) is 6.54 Å². The molecule has 2 N–H and O–H groups in total. The first-order chi connectivity index (χ1) is 8.39. The van der Waals surface area contributed by atoms with Crippen molar-refractivity contribution in [2.24, 2.45) is 7.05 Å². The normalized spacial score (nSPS) is 22.1. The molecule has 2 rings (SSSR count). The highest BCUT2D eigenvalue weighted by atomic mass is 19.3. The van der Waals surface area contributed by atoms with Gasteiger partial charge in [-0.2, -0.15) is 5.10 Å². The molecule has 0 aromatic carbocycles. The molecule has 0 radical (unpaired) electrons. The van der Waals surface area contributed by atoms with Gasteiger partial charge in [0.25, 0.3) is 5.92 Å². The third-order valence-corrected chi connectivity index (χ3v) is 3.22. The van der Waals surface area contributed by atoms with Crippen LogP contribution in [0.5, 0.6) is 0 Å². The molecule has 0 spiro atoms. The number of rotatable bonds is 3. The highest BCUT2D eigenvalue weighted by molar-refractivity contribution is 5.82. The van der Waals surface area contributed by atoms with Crippen LogP contribution in [0.1, 0.15) is 17.7 Å². The Kier molecular flexibility index (Phi) is 3.34. The van der Waals surface area contributed by atoms with E-state index in [1.54, 1.807) is 17.9 Å². The Hall–Kier alpha value is -1.50. The number of hydrogen-bond acceptors (Lipinski definition) is 3. The van der Waals surface area contributed by atoms with Crippen LogP contribution in [0.25, 0.3) is 0 Å². The van der Waals surface area contributed by atoms with Crippen molar-refractivity contribution in [1.29, 1.82) is 0 Å². The maximum Gasteiger partial charge on any atom is 0.262 e. The molecule has 1 amide bonds. The Bertz CT molecular complexity index is 458. The number of aryl methyl sites for hydroxylation is 1. The molecular weight excluding hydrogens is 242 g/mol. The van der Waals surface area contributed by atoms with Crippen molar-refractivity contribution in [1.82, 2.24) is 20.4 Å². The second-order valence-corrected chi connectivity index (χ2v) is 4.59. The van der Waals surface area contributed by atoms with Crippen LogP contribution in [-0.2, 0) is 18.4 Å². The minimum absolute atomic E-state index is 0.308. The number of alkyl halides is 2. The maximum atomic E-state index is 12.9. The summed E-state index contributed by atoms with van der Waals surface area (Å²) < 4.78 is 27.6. The summed E-state index contributed by atoms with van der Waals surface area (Å²) >= 11 is 0. The predicted octanol–water partition coefficient (Wildman–Crippen LogP) is 0.342. The van der Waals surface area contributed by atoms with Crippen LogP contribution in [0, 0.1) is 6.92 Å². The van der Waals surface area contributed by atoms with Crippen molar-refractivity contribution in [3.05, 3.63) is 17.5 Å². The Labute approximate surface area is 104 Å². The number of hydrogen-bond donors (Lipinski definition) is 2. The molecule has 7 heteroatoms. The molecule has 0 aliphatic carbocycles. The summed E-state index contributed by atoms with van der Waals surface area (Å²) in [7, 11) is 1.81. The summed E-state index contributed by atoms with van der Waals surface area (Å²) in [4.78, 5) is 11.7. The summed E-state index contributed by atoms with van der Waals surface area (Å²) in [6, 6.07) is -0.808. The van der Waals surface area contributed by atoms with Crippen molar-refractivity contribution in [3.63, 3.8) is 0 Å². The first-order valence-electron chi connectivity index (χ1n) is 5.75. The number of amides is 1. The lowest BCUT2D eigenvalue weighted by Crippen LogP contribution is -2.40. The van der Waals surface area contributed by atoms with Gasteiger partial charge >= 0.3 is 0 Å². The van der Waals surface area contributed by atoms with Gasteiger partial charge in [-0.05, 0) is 6.92 Å². The number of carbonyl (C=O) groups is 1. The largest absolute Gasteiger partial charge is 0.351 e. The molecule has 1 saturated heterocycles. The van der Waals surface area contributed by atoms with Gasteiger partial charge in [-0.3, -0.25) is 14.8 Å². The van der Waals surface area contributed by atoms with E-state index in [1.807, 2.05) is 6.92 Å². The smallest absolute Gasteiger partial charge is 0.262 e. The minimum atomic E-state index is -2.79. The monoisotopic (exact) mass is 258 g/mol. The van der Waals surface area contributed by atoms with Crippen molar-refractivity contribution < 1.29 is 13.6 Å². The Morgan fingerprint density at radius 2 is 2.44 bits per heavy atom. The molecular formula is C11H16F2N4O. The first-order valence-corrected chi connectivity index (χ1v) is 5.75. The van der Waals surface area contributed by atoms with E-state index in [1.165, 1.54) is 0 Å². The van der Waals surface area contributed by atoms with Gasteiger partial charge in [0.15, 0.2) is 0 Å². The highest BCUT2D eigenvalue weighted by Crippen LogP contribution is 2.25. The fourth-order valence-corrected chi connectivity index (χ4v) is 1.92. The van der Waals surface area contributed by atoms with E-state index in [0.29, 0.717) is 6.54 Å². The molecule has 5 nitrogen and oxygen atoms in total. The molecule has 0 bridgehead atoms. The third-order valence-electron chi connectivity index (χ3n) is 3.22. The summed E-state index contributed by atoms with van der Waals surface area (Å²) in [5.74, 6) is -3.18. The first kappa shape index (κ1) is 12.9. The van der Waals surface area contributed by atoms with Crippen LogP contribution in [0.4, 0.5) is 8.78 Å². The Balaban J connectivity index is 1.88. The highest BCUT2D eigenvalue weighted by Gasteiger charge is 2.42. The molecule has 2 heterocycles. The lowest BCUT2D eigenvalue weighted by Gasteiger charge is -2.11. The van der Waals surface area contributed by atoms with Gasteiger partial charge < -0.3 is 5.32 Å². The number of carbonyl (C=O) groups excluding carboxylic acids is 1. The third kappa shape index (κ3) is 2.66. The molecule has 1 aromatic rings. The van der Waals surface area contributed by atoms with E-state index >= 15 is 0 Å². The fraction of sp³-hybridized carbons (Fsp3) is 0.636. The van der Waals surface area contributed by atoms with Gasteiger partial charge in [0.05, 0.1) is 18.8 Å². The van der Waals surface area contributed by atoms with E-state index < -0.39 is 30.8 Å². The van der Waals surface area contributed by atoms with Crippen LogP contribution in [0.3, 0.4) is 0 Å². The van der Waals surface area contributed by atoms with Gasteiger partial charge in [0.1, 0.15) is 0 Å². The number of aromatic nitrogens is 2. The predicted molar refractivity (Wildman–Crippen MR) is 61.1 cm³/mol. The summed E-state index contributed by atoms with van der Waals surface area (Å²) in [6.07, 6.45) is 1.22. The zero-order valence-electron chi connectivity index (χ0n) is 10.3. The molecule has 18 heavy (non-hydrogen) atoms. The second kappa shape index (κ2) is 4.64. The molecule has 1 aliphatic heterocycles. The Morgan fingerprint density at radius 1 is 1.72 bits per heavy atom. The van der Waals surface area contributed by atoms with E-state index in [4.69, 9.17) is 0 Å². The van der Waals surface area contributed by atoms with Gasteiger partial charge in [-0.15, -0.1) is 0 Å². The lowest BCUT2D eigenvalue weighted by molar-refractivity contribution is -0.123. The standard InChI is InChI=1S/C11H16F2N4O/c1-7-8(5-16-17(7)2)4-14-10(18)9-3-11(12,13)6-15-9/h5,9,15H,3-4,6H2,1-2H3,(H,14,18). The Morgan fingerprint density at radius 3 is 2.94 bits per heavy atom. The second-order valence-electron chi connectivity index (χ2n) is 4.59. The zero-order valence-corrected chi connectivity index (χ0v) is 10.3. The summed E-state index contributed by atoms with van der Waals surface area (Å²) in [6.45, 7) is 1.76. The average Bonchev–Trinajstić information content (AvgIpc) is 2.81. The van der Waals surface area contributed by atoms with E-state index in [-0.39, 0.29) is 0 Å². The summed E-state index contributed by atoms with van der Waals surface area (Å²) in [5.41, 5.74) is 1.83. The van der Waals surface area contributed by atoms with Gasteiger partial charge in [0, 0.05) is 31.3 Å². The average molecular weight is 258 g/mol. The van der Waals surface area contributed by atoms with Crippen LogP contribution in [-0.4, -0.2) is 34.2 Å². The van der Waals surface area contributed by atoms with E-state index in [0.717, 1.165) is 11.3 Å². The van der Waals surface area contributed by atoms with Gasteiger partial charge in [0.2, 0.25) is 5.91 Å². The molecule has 1 atom stereocenters. The number of nitrogens with one attached hydrogen (secondary N) is 2. The summed E-state index contributed by atoms with van der Waals surface area (Å²) in [5, 5.41) is 9.21. The SMILES string of the molecule is Cc1c(CNC(=O)C2CC(F)(F)CN2)cnn1C. The molecule has 100 valence electrons. The molecule has 1 unspecified atom stereocenters. The minimum Gasteiger partial charge on any atom is -0.351 e. The zero-order chi connectivity index (χ0) is 13.3. The fourth-order valence-electron chi connectivity index (χ4n) is 1.92. The molecule has 1 aromatic heterocycles. The van der Waals surface area contributed by atoms with E-state index in [2.05, 4.69) is 15.7 Å².